The van der Waals surface area contributed by atoms with E-state index in [2.05, 4.69) is 15.6 Å². The molecular formula is C14H23Cl2N3O2. The predicted octanol–water partition coefficient (Wildman–Crippen LogP) is 1.87. The number of amides is 1. The van der Waals surface area contributed by atoms with E-state index < -0.39 is 5.60 Å². The molecule has 2 heterocycles. The van der Waals surface area contributed by atoms with Gasteiger partial charge in [-0.1, -0.05) is 6.07 Å². The van der Waals surface area contributed by atoms with Gasteiger partial charge in [0.25, 0.3) is 5.91 Å². The van der Waals surface area contributed by atoms with E-state index >= 15 is 0 Å². The van der Waals surface area contributed by atoms with Gasteiger partial charge in [-0.2, -0.15) is 0 Å². The van der Waals surface area contributed by atoms with E-state index in [0.29, 0.717) is 12.8 Å². The van der Waals surface area contributed by atoms with Crippen LogP contribution in [0.1, 0.15) is 31.5 Å². The van der Waals surface area contributed by atoms with Crippen molar-refractivity contribution >= 4 is 30.7 Å². The number of nitrogens with one attached hydrogen (secondary N) is 2. The standard InChI is InChI=1S/C14H21N3O2.2ClH/c1-11(12-5-3-4-8-16-12)17-13(18)14(19-2)6-9-15-10-7-14;;/h3-5,8,11,15H,6-7,9-10H2,1-2H3,(H,17,18);2*1H. The molecule has 0 spiro atoms. The smallest absolute Gasteiger partial charge is 0.252 e. The van der Waals surface area contributed by atoms with Gasteiger partial charge in [-0.3, -0.25) is 9.78 Å². The van der Waals surface area contributed by atoms with Crippen molar-refractivity contribution < 1.29 is 9.53 Å². The van der Waals surface area contributed by atoms with Gasteiger partial charge in [0.15, 0.2) is 0 Å². The lowest BCUT2D eigenvalue weighted by molar-refractivity contribution is -0.147. The average Bonchev–Trinajstić information content (AvgIpc) is 2.48. The van der Waals surface area contributed by atoms with Crippen LogP contribution in [0.2, 0.25) is 0 Å². The van der Waals surface area contributed by atoms with Crippen molar-refractivity contribution in [1.82, 2.24) is 15.6 Å². The average molecular weight is 336 g/mol. The third kappa shape index (κ3) is 4.81. The lowest BCUT2D eigenvalue weighted by atomic mass is 9.90. The number of carbonyl (C=O) groups excluding carboxylic acids is 1. The second-order valence-electron chi connectivity index (χ2n) is 4.90. The third-order valence-corrected chi connectivity index (χ3v) is 3.69. The van der Waals surface area contributed by atoms with Gasteiger partial charge in [0.2, 0.25) is 0 Å². The molecule has 1 aliphatic rings. The molecule has 0 bridgehead atoms. The lowest BCUT2D eigenvalue weighted by Gasteiger charge is -2.35. The van der Waals surface area contributed by atoms with Crippen LogP contribution in [0.25, 0.3) is 0 Å². The number of nitrogens with zero attached hydrogens (tertiary/aromatic N) is 1. The molecule has 1 atom stereocenters. The highest BCUT2D eigenvalue weighted by molar-refractivity contribution is 5.86. The summed E-state index contributed by atoms with van der Waals surface area (Å²) in [4.78, 5) is 16.7. The van der Waals surface area contributed by atoms with Gasteiger partial charge in [-0.05, 0) is 45.0 Å². The second-order valence-corrected chi connectivity index (χ2v) is 4.90. The summed E-state index contributed by atoms with van der Waals surface area (Å²) in [6, 6.07) is 5.58. The minimum absolute atomic E-state index is 0. The quantitative estimate of drug-likeness (QED) is 0.881. The molecule has 2 N–H and O–H groups in total. The molecule has 2 rings (SSSR count). The van der Waals surface area contributed by atoms with Gasteiger partial charge in [-0.25, -0.2) is 0 Å². The highest BCUT2D eigenvalue weighted by Crippen LogP contribution is 2.23. The first-order chi connectivity index (χ1) is 9.18. The van der Waals surface area contributed by atoms with E-state index in [9.17, 15) is 4.79 Å². The van der Waals surface area contributed by atoms with Gasteiger partial charge in [0, 0.05) is 13.3 Å². The minimum atomic E-state index is -0.700. The molecule has 1 unspecified atom stereocenters. The highest BCUT2D eigenvalue weighted by Gasteiger charge is 2.40. The van der Waals surface area contributed by atoms with E-state index in [4.69, 9.17) is 4.74 Å². The zero-order valence-electron chi connectivity index (χ0n) is 12.3. The van der Waals surface area contributed by atoms with Crippen LogP contribution in [0.4, 0.5) is 0 Å². The number of hydrogen-bond donors (Lipinski definition) is 2. The van der Waals surface area contributed by atoms with Gasteiger partial charge in [0.05, 0.1) is 11.7 Å². The zero-order chi connectivity index (χ0) is 13.7. The normalized spacial score (nSPS) is 17.8. The van der Waals surface area contributed by atoms with Crippen LogP contribution in [-0.2, 0) is 9.53 Å². The number of hydrogen-bond acceptors (Lipinski definition) is 4. The SMILES string of the molecule is COC1(C(=O)NC(C)c2ccccn2)CCNCC1.Cl.Cl. The monoisotopic (exact) mass is 335 g/mol. The van der Waals surface area contributed by atoms with E-state index in [1.165, 1.54) is 0 Å². The summed E-state index contributed by atoms with van der Waals surface area (Å²) < 4.78 is 5.50. The van der Waals surface area contributed by atoms with Gasteiger partial charge in [0.1, 0.15) is 5.60 Å². The molecular weight excluding hydrogens is 313 g/mol. The summed E-state index contributed by atoms with van der Waals surface area (Å²) in [6.07, 6.45) is 3.13. The molecule has 21 heavy (non-hydrogen) atoms. The molecule has 1 aromatic rings. The third-order valence-electron chi connectivity index (χ3n) is 3.69. The second kappa shape index (κ2) is 9.20. The van der Waals surface area contributed by atoms with Crippen LogP contribution in [0.5, 0.6) is 0 Å². The molecule has 0 radical (unpaired) electrons. The van der Waals surface area contributed by atoms with Crippen LogP contribution < -0.4 is 10.6 Å². The number of methoxy groups -OCH3 is 1. The molecule has 1 fully saturated rings. The number of ether oxygens (including phenoxy) is 1. The molecule has 120 valence electrons. The Kier molecular flexibility index (Phi) is 8.82. The van der Waals surface area contributed by atoms with Crippen molar-refractivity contribution in [2.45, 2.75) is 31.4 Å². The van der Waals surface area contributed by atoms with Gasteiger partial charge in [-0.15, -0.1) is 24.8 Å². The number of piperidine rings is 1. The summed E-state index contributed by atoms with van der Waals surface area (Å²) in [5.74, 6) is -0.0466. The Balaban J connectivity index is 0.00000200. The minimum Gasteiger partial charge on any atom is -0.368 e. The maximum atomic E-state index is 12.4. The molecule has 1 aromatic heterocycles. The lowest BCUT2D eigenvalue weighted by Crippen LogP contribution is -2.54. The molecule has 7 heteroatoms. The zero-order valence-corrected chi connectivity index (χ0v) is 13.9. The maximum absolute atomic E-state index is 12.4. The van der Waals surface area contributed by atoms with Crippen molar-refractivity contribution in [3.8, 4) is 0 Å². The number of carbonyl (C=O) groups is 1. The fourth-order valence-corrected chi connectivity index (χ4v) is 2.39. The van der Waals surface area contributed by atoms with Crippen molar-refractivity contribution in [3.05, 3.63) is 30.1 Å². The Bertz CT molecular complexity index is 425. The summed E-state index contributed by atoms with van der Waals surface area (Å²) in [6.45, 7) is 3.54. The van der Waals surface area contributed by atoms with Crippen molar-refractivity contribution in [2.24, 2.45) is 0 Å². The van der Waals surface area contributed by atoms with E-state index in [-0.39, 0.29) is 36.8 Å². The van der Waals surface area contributed by atoms with Crippen molar-refractivity contribution in [3.63, 3.8) is 0 Å². The topological polar surface area (TPSA) is 63.2 Å². The Morgan fingerprint density at radius 1 is 1.38 bits per heavy atom. The molecule has 1 aliphatic heterocycles. The highest BCUT2D eigenvalue weighted by atomic mass is 35.5. The number of pyridine rings is 1. The molecule has 0 saturated carbocycles. The summed E-state index contributed by atoms with van der Waals surface area (Å²) in [5, 5.41) is 6.24. The predicted molar refractivity (Wildman–Crippen MR) is 87.1 cm³/mol. The van der Waals surface area contributed by atoms with Crippen molar-refractivity contribution in [2.75, 3.05) is 20.2 Å². The number of rotatable bonds is 4. The van der Waals surface area contributed by atoms with Crippen LogP contribution in [0, 0.1) is 0 Å². The summed E-state index contributed by atoms with van der Waals surface area (Å²) in [7, 11) is 1.61. The van der Waals surface area contributed by atoms with E-state index in [1.807, 2.05) is 25.1 Å². The van der Waals surface area contributed by atoms with Gasteiger partial charge < -0.3 is 15.4 Å². The fourth-order valence-electron chi connectivity index (χ4n) is 2.39. The Hall–Kier alpha value is -0.880. The van der Waals surface area contributed by atoms with E-state index in [0.717, 1.165) is 18.8 Å². The van der Waals surface area contributed by atoms with Crippen LogP contribution in [0.15, 0.2) is 24.4 Å². The Morgan fingerprint density at radius 3 is 2.57 bits per heavy atom. The first-order valence-corrected chi connectivity index (χ1v) is 6.66. The Morgan fingerprint density at radius 2 is 2.05 bits per heavy atom. The number of aromatic nitrogens is 1. The molecule has 0 aliphatic carbocycles. The maximum Gasteiger partial charge on any atom is 0.252 e. The summed E-state index contributed by atoms with van der Waals surface area (Å²) >= 11 is 0. The van der Waals surface area contributed by atoms with Crippen LogP contribution >= 0.6 is 24.8 Å². The van der Waals surface area contributed by atoms with Crippen LogP contribution in [-0.4, -0.2) is 36.7 Å². The molecule has 1 saturated heterocycles. The van der Waals surface area contributed by atoms with E-state index in [1.54, 1.807) is 13.3 Å². The van der Waals surface area contributed by atoms with Crippen LogP contribution in [0.3, 0.4) is 0 Å². The molecule has 0 aromatic carbocycles. The molecule has 5 nitrogen and oxygen atoms in total. The fraction of sp³-hybridized carbons (Fsp3) is 0.571. The largest absolute Gasteiger partial charge is 0.368 e. The molecule has 1 amide bonds. The van der Waals surface area contributed by atoms with Crippen molar-refractivity contribution in [1.29, 1.82) is 0 Å². The first kappa shape index (κ1) is 20.1. The van der Waals surface area contributed by atoms with Gasteiger partial charge >= 0.3 is 0 Å². The number of halogens is 2. The Labute approximate surface area is 138 Å². The summed E-state index contributed by atoms with van der Waals surface area (Å²) in [5.41, 5.74) is 0.157. The first-order valence-electron chi connectivity index (χ1n) is 6.66.